The highest BCUT2D eigenvalue weighted by molar-refractivity contribution is 5.29. The lowest BCUT2D eigenvalue weighted by atomic mass is 10.1. The van der Waals surface area contributed by atoms with Gasteiger partial charge in [-0.3, -0.25) is 0 Å². The van der Waals surface area contributed by atoms with Crippen LogP contribution in [0.2, 0.25) is 0 Å². The molecule has 0 atom stereocenters. The van der Waals surface area contributed by atoms with Crippen LogP contribution >= 0.6 is 0 Å². The van der Waals surface area contributed by atoms with Gasteiger partial charge in [-0.1, -0.05) is 0 Å². The van der Waals surface area contributed by atoms with Crippen LogP contribution < -0.4 is 4.74 Å². The molecule has 0 aromatic heterocycles. The maximum atomic E-state index is 13.1. The predicted octanol–water partition coefficient (Wildman–Crippen LogP) is 3.15. The van der Waals surface area contributed by atoms with Crippen LogP contribution in [-0.4, -0.2) is 12.7 Å². The number of ether oxygens (including phenoxy) is 2. The molecule has 84 valence electrons. The molecule has 0 radical (unpaired) electrons. The van der Waals surface area contributed by atoms with E-state index >= 15 is 0 Å². The molecule has 0 saturated carbocycles. The monoisotopic (exact) mass is 212 g/mol. The molecule has 0 bridgehead atoms. The van der Waals surface area contributed by atoms with Gasteiger partial charge < -0.3 is 9.47 Å². The number of hydrogen-bond acceptors (Lipinski definition) is 2. The zero-order valence-electron chi connectivity index (χ0n) is 9.63. The van der Waals surface area contributed by atoms with E-state index in [-0.39, 0.29) is 11.4 Å². The quantitative estimate of drug-likeness (QED) is 0.766. The molecule has 1 rings (SSSR count). The Bertz CT molecular complexity index is 329. The highest BCUT2D eigenvalue weighted by Crippen LogP contribution is 2.18. The molecule has 0 aliphatic heterocycles. The van der Waals surface area contributed by atoms with Crippen molar-refractivity contribution in [1.29, 1.82) is 0 Å². The van der Waals surface area contributed by atoms with Crippen molar-refractivity contribution in [3.63, 3.8) is 0 Å². The molecule has 3 heteroatoms. The maximum Gasteiger partial charge on any atom is 0.127 e. The zero-order chi connectivity index (χ0) is 11.5. The van der Waals surface area contributed by atoms with Crippen LogP contribution in [-0.2, 0) is 11.3 Å². The summed E-state index contributed by atoms with van der Waals surface area (Å²) in [6, 6.07) is 4.57. The van der Waals surface area contributed by atoms with Gasteiger partial charge in [0, 0.05) is 6.07 Å². The average Bonchev–Trinajstić information content (AvgIpc) is 2.13. The molecular weight excluding hydrogens is 195 g/mol. The van der Waals surface area contributed by atoms with E-state index in [1.54, 1.807) is 6.07 Å². The fourth-order valence-corrected chi connectivity index (χ4v) is 1.12. The Balaban J connectivity index is 2.73. The van der Waals surface area contributed by atoms with Gasteiger partial charge in [0.2, 0.25) is 0 Å². The van der Waals surface area contributed by atoms with Gasteiger partial charge in [0.1, 0.15) is 11.6 Å². The first-order valence-corrected chi connectivity index (χ1v) is 4.88. The fraction of sp³-hybridized carbons (Fsp3) is 0.500. The Morgan fingerprint density at radius 2 is 1.87 bits per heavy atom. The molecule has 15 heavy (non-hydrogen) atoms. The van der Waals surface area contributed by atoms with Crippen molar-refractivity contribution in [2.75, 3.05) is 7.11 Å². The van der Waals surface area contributed by atoms with Crippen LogP contribution in [0, 0.1) is 5.82 Å². The Kier molecular flexibility index (Phi) is 3.69. The molecule has 0 spiro atoms. The molecule has 0 saturated heterocycles. The van der Waals surface area contributed by atoms with Crippen molar-refractivity contribution in [1.82, 2.24) is 0 Å². The Morgan fingerprint density at radius 3 is 2.40 bits per heavy atom. The van der Waals surface area contributed by atoms with Gasteiger partial charge in [-0.15, -0.1) is 0 Å². The molecule has 0 aliphatic rings. The van der Waals surface area contributed by atoms with Crippen molar-refractivity contribution >= 4 is 0 Å². The first-order valence-electron chi connectivity index (χ1n) is 4.88. The smallest absolute Gasteiger partial charge is 0.127 e. The second kappa shape index (κ2) is 4.62. The predicted molar refractivity (Wildman–Crippen MR) is 57.5 cm³/mol. The molecule has 0 unspecified atom stereocenters. The fourth-order valence-electron chi connectivity index (χ4n) is 1.12. The van der Waals surface area contributed by atoms with Gasteiger partial charge in [0.05, 0.1) is 19.3 Å². The van der Waals surface area contributed by atoms with E-state index in [0.29, 0.717) is 12.4 Å². The molecule has 0 N–H and O–H groups in total. The first kappa shape index (κ1) is 12.0. The molecular formula is C12H17FO2. The molecule has 1 aromatic rings. The van der Waals surface area contributed by atoms with Gasteiger partial charge in [-0.2, -0.15) is 0 Å². The summed E-state index contributed by atoms with van der Waals surface area (Å²) in [6.07, 6.45) is 0. The minimum Gasteiger partial charge on any atom is -0.497 e. The van der Waals surface area contributed by atoms with E-state index in [1.807, 2.05) is 20.8 Å². The summed E-state index contributed by atoms with van der Waals surface area (Å²) in [6.45, 7) is 6.27. The van der Waals surface area contributed by atoms with E-state index in [4.69, 9.17) is 9.47 Å². The second-order valence-corrected chi connectivity index (χ2v) is 4.40. The summed E-state index contributed by atoms with van der Waals surface area (Å²) in [5, 5.41) is 0. The zero-order valence-corrected chi connectivity index (χ0v) is 9.63. The molecule has 1 aromatic carbocycles. The van der Waals surface area contributed by atoms with Gasteiger partial charge >= 0.3 is 0 Å². The van der Waals surface area contributed by atoms with Crippen LogP contribution in [0.25, 0.3) is 0 Å². The molecule has 0 aliphatic carbocycles. The number of halogens is 1. The lowest BCUT2D eigenvalue weighted by Crippen LogP contribution is -2.18. The van der Waals surface area contributed by atoms with Crippen molar-refractivity contribution in [2.24, 2.45) is 0 Å². The lowest BCUT2D eigenvalue weighted by Gasteiger charge is -2.19. The van der Waals surface area contributed by atoms with Gasteiger partial charge in [-0.25, -0.2) is 4.39 Å². The minimum absolute atomic E-state index is 0.223. The third-order valence-corrected chi connectivity index (χ3v) is 1.84. The highest BCUT2D eigenvalue weighted by atomic mass is 19.1. The summed E-state index contributed by atoms with van der Waals surface area (Å²) in [4.78, 5) is 0. The van der Waals surface area contributed by atoms with E-state index in [1.165, 1.54) is 19.2 Å². The summed E-state index contributed by atoms with van der Waals surface area (Å²) >= 11 is 0. The van der Waals surface area contributed by atoms with Crippen LogP contribution in [0.1, 0.15) is 26.3 Å². The standard InChI is InChI=1S/C12H17FO2/c1-12(2,3)15-8-9-5-10(13)7-11(6-9)14-4/h5-7H,8H2,1-4H3. The second-order valence-electron chi connectivity index (χ2n) is 4.40. The maximum absolute atomic E-state index is 13.1. The topological polar surface area (TPSA) is 18.5 Å². The summed E-state index contributed by atoms with van der Waals surface area (Å²) in [5.74, 6) is 0.212. The molecule has 0 fully saturated rings. The minimum atomic E-state index is -0.304. The Hall–Kier alpha value is -1.09. The third-order valence-electron chi connectivity index (χ3n) is 1.84. The molecule has 2 nitrogen and oxygen atoms in total. The average molecular weight is 212 g/mol. The van der Waals surface area contributed by atoms with Crippen LogP contribution in [0.3, 0.4) is 0 Å². The normalized spacial score (nSPS) is 11.5. The van der Waals surface area contributed by atoms with Crippen LogP contribution in [0.15, 0.2) is 18.2 Å². The SMILES string of the molecule is COc1cc(F)cc(COC(C)(C)C)c1. The van der Waals surface area contributed by atoms with Gasteiger partial charge in [-0.05, 0) is 38.5 Å². The molecule has 0 amide bonds. The van der Waals surface area contributed by atoms with Crippen molar-refractivity contribution in [2.45, 2.75) is 33.0 Å². The summed E-state index contributed by atoms with van der Waals surface area (Å²) in [5.41, 5.74) is 0.557. The first-order chi connectivity index (χ1) is 6.90. The summed E-state index contributed by atoms with van der Waals surface area (Å²) < 4.78 is 23.6. The van der Waals surface area contributed by atoms with Gasteiger partial charge in [0.15, 0.2) is 0 Å². The van der Waals surface area contributed by atoms with Crippen molar-refractivity contribution in [3.05, 3.63) is 29.6 Å². The lowest BCUT2D eigenvalue weighted by molar-refractivity contribution is -0.0151. The summed E-state index contributed by atoms with van der Waals surface area (Å²) in [7, 11) is 1.52. The van der Waals surface area contributed by atoms with E-state index < -0.39 is 0 Å². The van der Waals surface area contributed by atoms with Crippen LogP contribution in [0.5, 0.6) is 5.75 Å². The largest absolute Gasteiger partial charge is 0.497 e. The Labute approximate surface area is 90.0 Å². The van der Waals surface area contributed by atoms with Crippen molar-refractivity contribution in [3.8, 4) is 5.75 Å². The highest BCUT2D eigenvalue weighted by Gasteiger charge is 2.10. The van der Waals surface area contributed by atoms with Gasteiger partial charge in [0.25, 0.3) is 0 Å². The number of hydrogen-bond donors (Lipinski definition) is 0. The number of methoxy groups -OCH3 is 1. The molecule has 0 heterocycles. The Morgan fingerprint density at radius 1 is 1.20 bits per heavy atom. The van der Waals surface area contributed by atoms with E-state index in [9.17, 15) is 4.39 Å². The van der Waals surface area contributed by atoms with E-state index in [0.717, 1.165) is 5.56 Å². The number of rotatable bonds is 3. The third kappa shape index (κ3) is 4.30. The van der Waals surface area contributed by atoms with Crippen LogP contribution in [0.4, 0.5) is 4.39 Å². The number of benzene rings is 1. The van der Waals surface area contributed by atoms with Crippen molar-refractivity contribution < 1.29 is 13.9 Å². The van der Waals surface area contributed by atoms with E-state index in [2.05, 4.69) is 0 Å².